The van der Waals surface area contributed by atoms with Gasteiger partial charge in [-0.2, -0.15) is 0 Å². The summed E-state index contributed by atoms with van der Waals surface area (Å²) in [6.45, 7) is 28.4. The molecule has 0 amide bonds. The van der Waals surface area contributed by atoms with Crippen LogP contribution in [0.2, 0.25) is 0 Å². The smallest absolute Gasteiger partial charge is 0.254 e. The van der Waals surface area contributed by atoms with E-state index >= 15 is 0 Å². The normalized spacial score (nSPS) is 19.9. The average molecular weight is 883 g/mol. The number of hydrogen-bond donors (Lipinski definition) is 0. The molecule has 0 radical (unpaired) electrons. The quantitative estimate of drug-likeness (QED) is 0.165. The van der Waals surface area contributed by atoms with Crippen molar-refractivity contribution in [1.29, 1.82) is 0 Å². The first-order chi connectivity index (χ1) is 31.3. The van der Waals surface area contributed by atoms with Crippen LogP contribution in [0.4, 0.5) is 27.8 Å². The highest BCUT2D eigenvalue weighted by Gasteiger charge is 2.63. The molecular weight excluding hydrogens is 820 g/mol. The predicted octanol–water partition coefficient (Wildman–Crippen LogP) is 15.5. The van der Waals surface area contributed by atoms with Crippen LogP contribution in [0.3, 0.4) is 0 Å². The Morgan fingerprint density at radius 1 is 0.636 bits per heavy atom. The SMILES string of the molecule is Cc1cc2c3c(c1)N1c4c(cc5cc(-c6ccccc6-c6ccc(C(C)(C)C)cc6)oc5c4C4(C)CCCCC14C)B3c1c(sc3ccc(C(C)(C)C)cc13)N2c1ccc(C(C)(C)C)cc1. The topological polar surface area (TPSA) is 19.6 Å². The van der Waals surface area contributed by atoms with Crippen LogP contribution >= 0.6 is 11.3 Å². The molecule has 0 spiro atoms. The molecule has 12 rings (SSSR count). The maximum Gasteiger partial charge on any atom is 0.254 e. The number of furan rings is 1. The van der Waals surface area contributed by atoms with Crippen molar-refractivity contribution in [3.8, 4) is 22.5 Å². The highest BCUT2D eigenvalue weighted by molar-refractivity contribution is 7.26. The zero-order valence-electron chi connectivity index (χ0n) is 41.1. The molecule has 2 unspecified atom stereocenters. The molecule has 0 saturated heterocycles. The van der Waals surface area contributed by atoms with Gasteiger partial charge in [0.05, 0.1) is 10.5 Å². The fraction of sp³-hybridized carbons (Fsp3) is 0.344. The molecule has 5 heteroatoms. The third-order valence-corrected chi connectivity index (χ3v) is 17.7. The minimum Gasteiger partial charge on any atom is -0.456 e. The van der Waals surface area contributed by atoms with E-state index in [1.807, 2.05) is 11.3 Å². The highest BCUT2D eigenvalue weighted by Crippen LogP contribution is 2.64. The third-order valence-electron chi connectivity index (χ3n) is 16.5. The zero-order valence-corrected chi connectivity index (χ0v) is 41.9. The Morgan fingerprint density at radius 2 is 1.26 bits per heavy atom. The van der Waals surface area contributed by atoms with Crippen LogP contribution in [0.5, 0.6) is 0 Å². The number of aryl methyl sites for hydroxylation is 1. The van der Waals surface area contributed by atoms with Crippen molar-refractivity contribution >= 4 is 83.2 Å². The molecule has 8 aromatic rings. The molecule has 4 aliphatic rings. The number of thiophene rings is 1. The molecule has 3 nitrogen and oxygen atoms in total. The summed E-state index contributed by atoms with van der Waals surface area (Å²) in [6.07, 6.45) is 4.70. The summed E-state index contributed by atoms with van der Waals surface area (Å²) in [4.78, 5) is 5.49. The first-order valence-electron chi connectivity index (χ1n) is 24.5. The van der Waals surface area contributed by atoms with Gasteiger partial charge in [0.1, 0.15) is 11.3 Å². The minimum atomic E-state index is -0.140. The van der Waals surface area contributed by atoms with Crippen molar-refractivity contribution in [2.24, 2.45) is 0 Å². The van der Waals surface area contributed by atoms with E-state index in [-0.39, 0.29) is 33.9 Å². The van der Waals surface area contributed by atoms with Gasteiger partial charge in [0.25, 0.3) is 6.71 Å². The van der Waals surface area contributed by atoms with Crippen molar-refractivity contribution in [2.75, 3.05) is 9.80 Å². The van der Waals surface area contributed by atoms with E-state index < -0.39 is 0 Å². The number of benzene rings is 6. The molecule has 0 N–H and O–H groups in total. The van der Waals surface area contributed by atoms with Gasteiger partial charge in [-0.25, -0.2) is 0 Å². The largest absolute Gasteiger partial charge is 0.456 e. The lowest BCUT2D eigenvalue weighted by Gasteiger charge is -2.52. The van der Waals surface area contributed by atoms with Gasteiger partial charge < -0.3 is 14.2 Å². The summed E-state index contributed by atoms with van der Waals surface area (Å²) in [6, 6.07) is 44.8. The second-order valence-electron chi connectivity index (χ2n) is 23.8. The fourth-order valence-corrected chi connectivity index (χ4v) is 13.9. The van der Waals surface area contributed by atoms with Crippen molar-refractivity contribution in [2.45, 2.75) is 136 Å². The van der Waals surface area contributed by atoms with Gasteiger partial charge in [0.15, 0.2) is 0 Å². The number of fused-ring (bicyclic) bond motifs is 11. The Morgan fingerprint density at radius 3 is 1.94 bits per heavy atom. The standard InChI is InChI=1S/C61H63BN2OS/c1-36-31-47-53-48(32-36)64-54-46(62(53)52-45-35-41(59(8,9)10)25-28-50(45)66-56(52)63(47)42-26-23-40(24-27-42)58(5,6)7)33-38-34-49(65-55(38)51(54)60(11)29-15-16-30-61(60,64)12)44-18-14-13-17-43(44)37-19-21-39(22-20-37)57(2,3)4/h13-14,17-28,31-35H,15-16,29-30H2,1-12H3. The van der Waals surface area contributed by atoms with Gasteiger partial charge in [-0.1, -0.05) is 161 Å². The van der Waals surface area contributed by atoms with E-state index in [0.717, 1.165) is 29.7 Å². The lowest BCUT2D eigenvalue weighted by Crippen LogP contribution is -2.64. The van der Waals surface area contributed by atoms with E-state index in [2.05, 4.69) is 208 Å². The van der Waals surface area contributed by atoms with Crippen molar-refractivity contribution in [1.82, 2.24) is 0 Å². The molecule has 2 aromatic heterocycles. The molecular formula is C61H63BN2OS. The molecule has 6 aromatic carbocycles. The third kappa shape index (κ3) is 5.80. The van der Waals surface area contributed by atoms with Gasteiger partial charge in [-0.3, -0.25) is 0 Å². The number of anilines is 5. The molecule has 2 atom stereocenters. The molecule has 0 bridgehead atoms. The summed E-state index contributed by atoms with van der Waals surface area (Å²) >= 11 is 1.96. The second-order valence-corrected chi connectivity index (χ2v) is 24.8. The average Bonchev–Trinajstić information content (AvgIpc) is 3.93. The van der Waals surface area contributed by atoms with E-state index in [9.17, 15) is 0 Å². The van der Waals surface area contributed by atoms with Gasteiger partial charge in [0, 0.05) is 49.4 Å². The van der Waals surface area contributed by atoms with Crippen molar-refractivity contribution < 1.29 is 4.42 Å². The lowest BCUT2D eigenvalue weighted by atomic mass is 9.33. The monoisotopic (exact) mass is 882 g/mol. The van der Waals surface area contributed by atoms with Gasteiger partial charge in [0.2, 0.25) is 0 Å². The van der Waals surface area contributed by atoms with E-state index in [4.69, 9.17) is 4.42 Å². The Kier molecular flexibility index (Phi) is 8.75. The van der Waals surface area contributed by atoms with Crippen LogP contribution < -0.4 is 26.2 Å². The summed E-state index contributed by atoms with van der Waals surface area (Å²) < 4.78 is 8.79. The van der Waals surface area contributed by atoms with Crippen LogP contribution in [0, 0.1) is 6.92 Å². The van der Waals surface area contributed by atoms with Crippen LogP contribution in [0.1, 0.15) is 130 Å². The second kappa shape index (κ2) is 13.8. The van der Waals surface area contributed by atoms with Crippen LogP contribution in [-0.2, 0) is 21.7 Å². The summed E-state index contributed by atoms with van der Waals surface area (Å²) in [5, 5.41) is 3.93. The molecule has 332 valence electrons. The first-order valence-corrected chi connectivity index (χ1v) is 25.3. The number of rotatable bonds is 3. The Labute approximate surface area is 396 Å². The first kappa shape index (κ1) is 41.9. The Balaban J connectivity index is 1.16. The van der Waals surface area contributed by atoms with Gasteiger partial charge >= 0.3 is 0 Å². The van der Waals surface area contributed by atoms with Gasteiger partial charge in [-0.15, -0.1) is 11.3 Å². The van der Waals surface area contributed by atoms with Crippen LogP contribution in [-0.4, -0.2) is 12.3 Å². The summed E-state index contributed by atoms with van der Waals surface area (Å²) in [5.74, 6) is 0.942. The molecule has 3 aliphatic heterocycles. The fourth-order valence-electron chi connectivity index (χ4n) is 12.7. The summed E-state index contributed by atoms with van der Waals surface area (Å²) in [7, 11) is 0. The maximum absolute atomic E-state index is 7.44. The number of hydrogen-bond acceptors (Lipinski definition) is 4. The molecule has 66 heavy (non-hydrogen) atoms. The lowest BCUT2D eigenvalue weighted by molar-refractivity contribution is 0.195. The van der Waals surface area contributed by atoms with Crippen LogP contribution in [0.25, 0.3) is 43.5 Å². The van der Waals surface area contributed by atoms with Crippen molar-refractivity contribution in [3.63, 3.8) is 0 Å². The van der Waals surface area contributed by atoms with E-state index in [0.29, 0.717) is 0 Å². The molecule has 1 aliphatic carbocycles. The molecule has 1 saturated carbocycles. The highest BCUT2D eigenvalue weighted by atomic mass is 32.1. The van der Waals surface area contributed by atoms with E-state index in [1.165, 1.54) is 111 Å². The minimum absolute atomic E-state index is 0.0147. The summed E-state index contributed by atoms with van der Waals surface area (Å²) in [5.41, 5.74) is 20.9. The predicted molar refractivity (Wildman–Crippen MR) is 285 cm³/mol. The van der Waals surface area contributed by atoms with Gasteiger partial charge in [-0.05, 0) is 134 Å². The Hall–Kier alpha value is -5.52. The molecule has 5 heterocycles. The maximum atomic E-state index is 7.44. The van der Waals surface area contributed by atoms with Crippen molar-refractivity contribution in [3.05, 3.63) is 143 Å². The van der Waals surface area contributed by atoms with Crippen LogP contribution in [0.15, 0.2) is 120 Å². The van der Waals surface area contributed by atoms with E-state index in [1.54, 1.807) is 0 Å². The number of nitrogens with zero attached hydrogens (tertiary/aromatic N) is 2. The zero-order chi connectivity index (χ0) is 46.0. The molecule has 1 fully saturated rings. The Bertz CT molecular complexity index is 3310.